The summed E-state index contributed by atoms with van der Waals surface area (Å²) in [5, 5.41) is 8.85. The summed E-state index contributed by atoms with van der Waals surface area (Å²) < 4.78 is 9.91. The topological polar surface area (TPSA) is 41.9 Å². The Labute approximate surface area is 177 Å². The summed E-state index contributed by atoms with van der Waals surface area (Å²) in [6.45, 7) is 21.6. The maximum atomic E-state index is 8.85. The highest BCUT2D eigenvalue weighted by Gasteiger charge is 2.21. The molecule has 0 saturated heterocycles. The lowest BCUT2D eigenvalue weighted by Gasteiger charge is -2.23. The van der Waals surface area contributed by atoms with Gasteiger partial charge in [0.25, 0.3) is 0 Å². The Morgan fingerprint density at radius 1 is 1.24 bits per heavy atom. The van der Waals surface area contributed by atoms with Crippen molar-refractivity contribution < 1.29 is 9.30 Å². The largest absolute Gasteiger partial charge is 0.488 e. The van der Waals surface area contributed by atoms with Gasteiger partial charge in [-0.1, -0.05) is 49.0 Å². The van der Waals surface area contributed by atoms with E-state index >= 15 is 0 Å². The summed E-state index contributed by atoms with van der Waals surface area (Å²) in [6, 6.07) is 0. The van der Waals surface area contributed by atoms with Crippen molar-refractivity contribution in [3.63, 3.8) is 0 Å². The van der Waals surface area contributed by atoms with E-state index in [9.17, 15) is 0 Å². The van der Waals surface area contributed by atoms with E-state index in [1.54, 1.807) is 0 Å². The first-order valence-electron chi connectivity index (χ1n) is 10.2. The lowest BCUT2D eigenvalue weighted by atomic mass is 9.84. The van der Waals surface area contributed by atoms with E-state index < -0.39 is 0 Å². The van der Waals surface area contributed by atoms with E-state index in [0.717, 1.165) is 36.0 Å². The van der Waals surface area contributed by atoms with Crippen LogP contribution in [0.5, 0.6) is 0 Å². The summed E-state index contributed by atoms with van der Waals surface area (Å²) in [4.78, 5) is 0. The minimum Gasteiger partial charge on any atom is -0.488 e. The first-order valence-corrected chi connectivity index (χ1v) is 10.2. The molecule has 0 aliphatic carbocycles. The molecule has 1 aromatic rings. The molecule has 1 aromatic heterocycles. The van der Waals surface area contributed by atoms with Gasteiger partial charge in [0.15, 0.2) is 0 Å². The molecule has 0 aliphatic rings. The molecule has 0 fully saturated rings. The van der Waals surface area contributed by atoms with E-state index in [0.29, 0.717) is 24.6 Å². The zero-order chi connectivity index (χ0) is 22.0. The van der Waals surface area contributed by atoms with Crippen LogP contribution >= 0.6 is 0 Å². The zero-order valence-corrected chi connectivity index (χ0v) is 18.9. The maximum absolute atomic E-state index is 8.85. The number of hydrogen-bond acceptors (Lipinski definition) is 2. The molecule has 158 valence electrons. The number of nitrogens with one attached hydrogen (secondary N) is 1. The van der Waals surface area contributed by atoms with Gasteiger partial charge < -0.3 is 4.74 Å². The highest BCUT2D eigenvalue weighted by molar-refractivity contribution is 6.09. The Balaban J connectivity index is 3.05. The van der Waals surface area contributed by atoms with Crippen LogP contribution in [0, 0.1) is 11.3 Å². The molecule has 1 rings (SSSR count). The van der Waals surface area contributed by atoms with Crippen molar-refractivity contribution in [1.82, 2.24) is 4.57 Å². The monoisotopic (exact) mass is 396 g/mol. The summed E-state index contributed by atoms with van der Waals surface area (Å²) in [7, 11) is 1.99. The fraction of sp³-hybridized carbons (Fsp3) is 0.440. The Bertz CT molecular complexity index is 808. The molecule has 4 heteroatoms. The van der Waals surface area contributed by atoms with Crippen molar-refractivity contribution in [2.75, 3.05) is 6.61 Å². The predicted octanol–water partition coefficient (Wildman–Crippen LogP) is 5.69. The fourth-order valence-electron chi connectivity index (χ4n) is 3.43. The highest BCUT2D eigenvalue weighted by atomic mass is 16.5. The van der Waals surface area contributed by atoms with Crippen molar-refractivity contribution >= 4 is 5.71 Å². The van der Waals surface area contributed by atoms with Crippen LogP contribution in [0.4, 0.5) is 0 Å². The molecule has 1 atom stereocenters. The van der Waals surface area contributed by atoms with Crippen LogP contribution in [0.15, 0.2) is 78.7 Å². The lowest BCUT2D eigenvalue weighted by molar-refractivity contribution is -0.671. The molecular weight excluding hydrogens is 358 g/mol. The molecule has 0 aromatic carbocycles. The van der Waals surface area contributed by atoms with Crippen molar-refractivity contribution in [1.29, 1.82) is 5.41 Å². The van der Waals surface area contributed by atoms with Crippen LogP contribution < -0.4 is 4.57 Å². The molecule has 29 heavy (non-hydrogen) atoms. The van der Waals surface area contributed by atoms with E-state index in [4.69, 9.17) is 10.1 Å². The number of hydrogen-bond donors (Lipinski definition) is 1. The third-order valence-electron chi connectivity index (χ3n) is 4.64. The number of ether oxygens (including phenoxy) is 1. The number of aromatic nitrogens is 2. The van der Waals surface area contributed by atoms with Crippen LogP contribution in [0.25, 0.3) is 0 Å². The quantitative estimate of drug-likeness (QED) is 0.198. The summed E-state index contributed by atoms with van der Waals surface area (Å²) in [5.74, 6) is 0.591. The molecule has 0 saturated carbocycles. The maximum Gasteiger partial charge on any atom is 0.243 e. The second kappa shape index (κ2) is 12.1. The van der Waals surface area contributed by atoms with Gasteiger partial charge in [-0.15, -0.1) is 6.58 Å². The van der Waals surface area contributed by atoms with Crippen LogP contribution in [0.2, 0.25) is 0 Å². The van der Waals surface area contributed by atoms with Gasteiger partial charge in [0.1, 0.15) is 31.3 Å². The minimum absolute atomic E-state index is 0.170. The van der Waals surface area contributed by atoms with Crippen molar-refractivity contribution in [2.45, 2.75) is 53.5 Å². The van der Waals surface area contributed by atoms with E-state index in [2.05, 4.69) is 37.3 Å². The summed E-state index contributed by atoms with van der Waals surface area (Å²) >= 11 is 0. The van der Waals surface area contributed by atoms with Gasteiger partial charge in [-0.3, -0.25) is 5.41 Å². The Morgan fingerprint density at radius 2 is 1.93 bits per heavy atom. The minimum atomic E-state index is 0.170. The number of nitrogens with zero attached hydrogens (tertiary/aromatic N) is 2. The third kappa shape index (κ3) is 8.51. The Kier molecular flexibility index (Phi) is 10.1. The zero-order valence-electron chi connectivity index (χ0n) is 18.9. The van der Waals surface area contributed by atoms with E-state index in [1.165, 1.54) is 5.57 Å². The Morgan fingerprint density at radius 3 is 2.45 bits per heavy atom. The van der Waals surface area contributed by atoms with Crippen LogP contribution in [-0.2, 0) is 18.3 Å². The molecule has 0 amide bonds. The normalized spacial score (nSPS) is 13.1. The van der Waals surface area contributed by atoms with Gasteiger partial charge in [-0.05, 0) is 51.5 Å². The molecule has 0 spiro atoms. The predicted molar refractivity (Wildman–Crippen MR) is 123 cm³/mol. The molecule has 0 radical (unpaired) electrons. The third-order valence-corrected chi connectivity index (χ3v) is 4.64. The molecule has 1 unspecified atom stereocenters. The number of rotatable bonds is 13. The van der Waals surface area contributed by atoms with Gasteiger partial charge in [0, 0.05) is 0 Å². The van der Waals surface area contributed by atoms with Crippen molar-refractivity contribution in [2.24, 2.45) is 13.0 Å². The standard InChI is InChI=1S/C25H38N3O/c1-9-10-11-23(17-20(4)5)24(21(6)16-19(2)3)25(26)22(7)29-15-14-28-13-12-27(8)18-28/h9-10,12-13,18,21,26H,2,4,7,11,14-17H2,1,3,5-6,8H3/q+1/b10-9?,24-23-,26-25?. The van der Waals surface area contributed by atoms with Gasteiger partial charge >= 0.3 is 0 Å². The van der Waals surface area contributed by atoms with Gasteiger partial charge in [0.05, 0.1) is 12.8 Å². The summed E-state index contributed by atoms with van der Waals surface area (Å²) in [6.07, 6.45) is 12.6. The molecule has 1 N–H and O–H groups in total. The van der Waals surface area contributed by atoms with Crippen molar-refractivity contribution in [3.05, 3.63) is 78.7 Å². The lowest BCUT2D eigenvalue weighted by Crippen LogP contribution is -2.24. The molecule has 0 aliphatic heterocycles. The van der Waals surface area contributed by atoms with Crippen LogP contribution in [-0.4, -0.2) is 16.9 Å². The molecule has 4 nitrogen and oxygen atoms in total. The van der Waals surface area contributed by atoms with Gasteiger partial charge in [-0.2, -0.15) is 0 Å². The SMILES string of the molecule is C=C(C)C/C(CC=CC)=C(\C(=N)C(=C)OCCn1cc[n+](C)c1)C(C)CC(=C)C. The van der Waals surface area contributed by atoms with Gasteiger partial charge in [-0.25, -0.2) is 9.13 Å². The second-order valence-corrected chi connectivity index (χ2v) is 7.95. The first kappa shape index (κ1) is 24.4. The molecule has 1 heterocycles. The van der Waals surface area contributed by atoms with E-state index in [1.807, 2.05) is 57.2 Å². The smallest absolute Gasteiger partial charge is 0.243 e. The highest BCUT2D eigenvalue weighted by Crippen LogP contribution is 2.30. The first-order chi connectivity index (χ1) is 13.6. The average Bonchev–Trinajstić information content (AvgIpc) is 3.03. The van der Waals surface area contributed by atoms with Crippen molar-refractivity contribution in [3.8, 4) is 0 Å². The molecular formula is C25H38N3O+. The fourth-order valence-corrected chi connectivity index (χ4v) is 3.43. The number of allylic oxidation sites excluding steroid dienone is 6. The second-order valence-electron chi connectivity index (χ2n) is 7.95. The van der Waals surface area contributed by atoms with Crippen LogP contribution in [0.1, 0.15) is 47.0 Å². The number of aryl methyl sites for hydroxylation is 1. The molecule has 0 bridgehead atoms. The van der Waals surface area contributed by atoms with Gasteiger partial charge in [0.2, 0.25) is 6.33 Å². The average molecular weight is 397 g/mol. The summed E-state index contributed by atoms with van der Waals surface area (Å²) in [5.41, 5.74) is 4.79. The van der Waals surface area contributed by atoms with E-state index in [-0.39, 0.29) is 5.92 Å². The number of imidazole rings is 1. The van der Waals surface area contributed by atoms with Crippen LogP contribution in [0.3, 0.4) is 0 Å². The Hall–Kier alpha value is -2.62.